The van der Waals surface area contributed by atoms with Gasteiger partial charge >= 0.3 is 0 Å². The molecular formula is C20H20N6O2S. The van der Waals surface area contributed by atoms with Crippen molar-refractivity contribution in [1.29, 1.82) is 0 Å². The zero-order chi connectivity index (χ0) is 20.2. The van der Waals surface area contributed by atoms with Crippen LogP contribution in [-0.4, -0.2) is 37.0 Å². The highest BCUT2D eigenvalue weighted by atomic mass is 32.2. The van der Waals surface area contributed by atoms with Gasteiger partial charge in [-0.2, -0.15) is 9.67 Å². The van der Waals surface area contributed by atoms with E-state index in [-0.39, 0.29) is 0 Å². The van der Waals surface area contributed by atoms with Crippen molar-refractivity contribution in [2.24, 2.45) is 0 Å². The first-order valence-electron chi connectivity index (χ1n) is 9.19. The van der Waals surface area contributed by atoms with Gasteiger partial charge in [-0.15, -0.1) is 5.10 Å². The van der Waals surface area contributed by atoms with Gasteiger partial charge in [-0.3, -0.25) is 0 Å². The molecular weight excluding hydrogens is 388 g/mol. The van der Waals surface area contributed by atoms with E-state index in [1.54, 1.807) is 4.68 Å². The summed E-state index contributed by atoms with van der Waals surface area (Å²) in [6.07, 6.45) is 0. The molecule has 0 aliphatic carbocycles. The van der Waals surface area contributed by atoms with Gasteiger partial charge in [0.05, 0.1) is 23.6 Å². The quantitative estimate of drug-likeness (QED) is 0.423. The zero-order valence-corrected chi connectivity index (χ0v) is 17.2. The molecule has 29 heavy (non-hydrogen) atoms. The highest BCUT2D eigenvalue weighted by molar-refractivity contribution is 7.98. The Morgan fingerprint density at radius 1 is 1.14 bits per heavy atom. The van der Waals surface area contributed by atoms with Crippen LogP contribution in [0.2, 0.25) is 0 Å². The zero-order valence-electron chi connectivity index (χ0n) is 16.4. The predicted octanol–water partition coefficient (Wildman–Crippen LogP) is 4.02. The molecule has 4 aromatic rings. The maximum atomic E-state index is 5.65. The first-order valence-corrected chi connectivity index (χ1v) is 10.2. The average molecular weight is 408 g/mol. The number of rotatable bonds is 7. The number of thioether (sulfide) groups is 1. The summed E-state index contributed by atoms with van der Waals surface area (Å²) in [5.41, 5.74) is 4.04. The van der Waals surface area contributed by atoms with Crippen LogP contribution in [0.4, 0.5) is 0 Å². The molecule has 0 saturated heterocycles. The van der Waals surface area contributed by atoms with Crippen molar-refractivity contribution in [3.05, 3.63) is 59.5 Å². The molecule has 148 valence electrons. The fraction of sp³-hybridized carbons (Fsp3) is 0.250. The Kier molecular flexibility index (Phi) is 5.57. The topological polar surface area (TPSA) is 91.8 Å². The predicted molar refractivity (Wildman–Crippen MR) is 109 cm³/mol. The van der Waals surface area contributed by atoms with Crippen LogP contribution in [0.15, 0.2) is 52.1 Å². The number of tetrazole rings is 1. The van der Waals surface area contributed by atoms with E-state index in [0.29, 0.717) is 29.2 Å². The first kappa shape index (κ1) is 19.1. The van der Waals surface area contributed by atoms with Crippen molar-refractivity contribution >= 4 is 11.8 Å². The normalized spacial score (nSPS) is 11.0. The van der Waals surface area contributed by atoms with Gasteiger partial charge in [0.2, 0.25) is 16.9 Å². The van der Waals surface area contributed by atoms with Gasteiger partial charge in [-0.25, -0.2) is 0 Å². The molecule has 9 heteroatoms. The van der Waals surface area contributed by atoms with Crippen LogP contribution in [0.3, 0.4) is 0 Å². The lowest BCUT2D eigenvalue weighted by Gasteiger charge is -2.07. The second-order valence-electron chi connectivity index (χ2n) is 6.39. The van der Waals surface area contributed by atoms with E-state index in [4.69, 9.17) is 9.26 Å². The minimum absolute atomic E-state index is 0.453. The minimum Gasteiger partial charge on any atom is -0.493 e. The first-order chi connectivity index (χ1) is 14.2. The maximum Gasteiger partial charge on any atom is 0.237 e. The summed E-state index contributed by atoms with van der Waals surface area (Å²) in [6.45, 7) is 6.61. The third kappa shape index (κ3) is 4.14. The molecule has 0 saturated carbocycles. The number of benzene rings is 2. The molecule has 0 atom stereocenters. The molecule has 0 radical (unpaired) electrons. The number of hydrogen-bond donors (Lipinski definition) is 0. The molecule has 2 heterocycles. The van der Waals surface area contributed by atoms with Crippen molar-refractivity contribution < 1.29 is 9.26 Å². The Labute approximate surface area is 172 Å². The van der Waals surface area contributed by atoms with Crippen LogP contribution in [0.25, 0.3) is 17.1 Å². The van der Waals surface area contributed by atoms with E-state index < -0.39 is 0 Å². The summed E-state index contributed by atoms with van der Waals surface area (Å²) in [5, 5.41) is 16.8. The minimum atomic E-state index is 0.453. The van der Waals surface area contributed by atoms with E-state index in [1.807, 2.05) is 50.2 Å². The van der Waals surface area contributed by atoms with E-state index in [2.05, 4.69) is 38.7 Å². The Morgan fingerprint density at radius 3 is 2.83 bits per heavy atom. The largest absolute Gasteiger partial charge is 0.493 e. The van der Waals surface area contributed by atoms with Crippen molar-refractivity contribution in [3.63, 3.8) is 0 Å². The molecule has 0 unspecified atom stereocenters. The molecule has 0 fully saturated rings. The smallest absolute Gasteiger partial charge is 0.237 e. The summed E-state index contributed by atoms with van der Waals surface area (Å²) in [4.78, 5) is 4.50. The van der Waals surface area contributed by atoms with Crippen LogP contribution in [0, 0.1) is 13.8 Å². The summed E-state index contributed by atoms with van der Waals surface area (Å²) < 4.78 is 12.8. The maximum absolute atomic E-state index is 5.65. The van der Waals surface area contributed by atoms with Gasteiger partial charge in [0.15, 0.2) is 0 Å². The van der Waals surface area contributed by atoms with E-state index in [1.165, 1.54) is 17.3 Å². The lowest BCUT2D eigenvalue weighted by molar-refractivity contribution is 0.341. The molecule has 4 rings (SSSR count). The van der Waals surface area contributed by atoms with Crippen molar-refractivity contribution in [1.82, 2.24) is 30.3 Å². The summed E-state index contributed by atoms with van der Waals surface area (Å²) in [7, 11) is 0. The molecule has 2 aromatic heterocycles. The Morgan fingerprint density at radius 2 is 2.00 bits per heavy atom. The molecule has 8 nitrogen and oxygen atoms in total. The average Bonchev–Trinajstić information content (AvgIpc) is 3.36. The third-order valence-corrected chi connectivity index (χ3v) is 5.15. The molecule has 2 aromatic carbocycles. The van der Waals surface area contributed by atoms with Gasteiger partial charge in [-0.05, 0) is 55.0 Å². The summed E-state index contributed by atoms with van der Waals surface area (Å²) in [6, 6.07) is 13.8. The van der Waals surface area contributed by atoms with Crippen molar-refractivity contribution in [2.45, 2.75) is 31.7 Å². The van der Waals surface area contributed by atoms with Crippen LogP contribution in [0.5, 0.6) is 5.75 Å². The van der Waals surface area contributed by atoms with E-state index >= 15 is 0 Å². The number of para-hydroxylation sites is 1. The van der Waals surface area contributed by atoms with Crippen LogP contribution >= 0.6 is 11.8 Å². The number of aromatic nitrogens is 6. The monoisotopic (exact) mass is 408 g/mol. The standard InChI is InChI=1S/C20H20N6O2S/c1-4-27-17-8-6-5-7-15(17)19-21-18(28-23-19)12-29-20-22-24-25-26(20)16-10-9-13(2)11-14(16)3/h5-11H,4,12H2,1-3H3. The summed E-state index contributed by atoms with van der Waals surface area (Å²) in [5.74, 6) is 2.17. The lowest BCUT2D eigenvalue weighted by Crippen LogP contribution is -2.02. The van der Waals surface area contributed by atoms with Gasteiger partial charge in [-0.1, -0.05) is 46.7 Å². The molecule has 0 amide bonds. The van der Waals surface area contributed by atoms with Gasteiger partial charge in [0, 0.05) is 0 Å². The fourth-order valence-electron chi connectivity index (χ4n) is 2.95. The van der Waals surface area contributed by atoms with Gasteiger partial charge in [0.25, 0.3) is 0 Å². The SMILES string of the molecule is CCOc1ccccc1-c1noc(CSc2nnnn2-c2ccc(C)cc2C)n1. The molecule has 0 spiro atoms. The van der Waals surface area contributed by atoms with Crippen molar-refractivity contribution in [3.8, 4) is 22.8 Å². The fourth-order valence-corrected chi connectivity index (χ4v) is 3.67. The van der Waals surface area contributed by atoms with Gasteiger partial charge in [0.1, 0.15) is 5.75 Å². The molecule has 0 aliphatic heterocycles. The summed E-state index contributed by atoms with van der Waals surface area (Å²) >= 11 is 1.44. The number of hydrogen-bond acceptors (Lipinski definition) is 8. The molecule has 0 aliphatic rings. The highest BCUT2D eigenvalue weighted by Gasteiger charge is 2.16. The van der Waals surface area contributed by atoms with Crippen molar-refractivity contribution in [2.75, 3.05) is 6.61 Å². The lowest BCUT2D eigenvalue weighted by atomic mass is 10.1. The number of nitrogens with zero attached hydrogens (tertiary/aromatic N) is 6. The molecule has 0 bridgehead atoms. The Balaban J connectivity index is 1.51. The Bertz CT molecular complexity index is 1120. The number of aryl methyl sites for hydroxylation is 2. The van der Waals surface area contributed by atoms with Crippen LogP contribution < -0.4 is 4.74 Å². The second kappa shape index (κ2) is 8.44. The second-order valence-corrected chi connectivity index (χ2v) is 7.34. The number of ether oxygens (including phenoxy) is 1. The highest BCUT2D eigenvalue weighted by Crippen LogP contribution is 2.29. The third-order valence-electron chi connectivity index (χ3n) is 4.24. The van der Waals surface area contributed by atoms with E-state index in [0.717, 1.165) is 22.6 Å². The Hall–Kier alpha value is -3.20. The van der Waals surface area contributed by atoms with E-state index in [9.17, 15) is 0 Å². The van der Waals surface area contributed by atoms with Crippen LogP contribution in [0.1, 0.15) is 23.9 Å². The molecule has 0 N–H and O–H groups in total. The van der Waals surface area contributed by atoms with Gasteiger partial charge < -0.3 is 9.26 Å². The van der Waals surface area contributed by atoms with Crippen LogP contribution in [-0.2, 0) is 5.75 Å².